The van der Waals surface area contributed by atoms with Crippen molar-refractivity contribution >= 4 is 17.1 Å². The van der Waals surface area contributed by atoms with E-state index in [1.165, 1.54) is 0 Å². The van der Waals surface area contributed by atoms with Crippen LogP contribution in [-0.4, -0.2) is 57.2 Å². The normalized spacial score (nSPS) is 16.4. The monoisotopic (exact) mass is 346 g/mol. The summed E-state index contributed by atoms with van der Waals surface area (Å²) in [5.74, 6) is 0. The Balaban J connectivity index is 1.60. The lowest BCUT2D eigenvalue weighted by Crippen LogP contribution is -2.49. The molecule has 25 heavy (non-hydrogen) atoms. The smallest absolute Gasteiger partial charge is 0.410 e. The highest BCUT2D eigenvalue weighted by Crippen LogP contribution is 2.16. The number of piperazine rings is 1. The van der Waals surface area contributed by atoms with Crippen molar-refractivity contribution in [3.05, 3.63) is 34.2 Å². The number of carbonyl (C=O) groups is 1. The molecule has 3 rings (SSSR count). The Morgan fingerprint density at radius 2 is 1.88 bits per heavy atom. The van der Waals surface area contributed by atoms with E-state index in [-0.39, 0.29) is 11.8 Å². The van der Waals surface area contributed by atoms with Crippen LogP contribution in [0.25, 0.3) is 11.0 Å². The Kier molecular flexibility index (Phi) is 4.60. The highest BCUT2D eigenvalue weighted by molar-refractivity contribution is 5.75. The minimum atomic E-state index is -0.462. The van der Waals surface area contributed by atoms with E-state index in [1.807, 2.05) is 39.0 Å². The van der Waals surface area contributed by atoms with Crippen molar-refractivity contribution in [2.45, 2.75) is 32.9 Å². The lowest BCUT2D eigenvalue weighted by Gasteiger charge is -2.35. The number of aromatic amines is 1. The van der Waals surface area contributed by atoms with Gasteiger partial charge in [-0.1, -0.05) is 6.07 Å². The van der Waals surface area contributed by atoms with E-state index < -0.39 is 5.60 Å². The van der Waals surface area contributed by atoms with Crippen LogP contribution >= 0.6 is 0 Å². The van der Waals surface area contributed by atoms with E-state index >= 15 is 0 Å². The maximum Gasteiger partial charge on any atom is 0.410 e. The second kappa shape index (κ2) is 6.55. The third-order valence-electron chi connectivity index (χ3n) is 4.40. The number of carbonyl (C=O) groups excluding carboxylic acids is 1. The second-order valence-electron chi connectivity index (χ2n) is 7.58. The molecule has 1 fully saturated rings. The Hall–Kier alpha value is -2.28. The molecular formula is C18H26N4O3. The molecule has 0 bridgehead atoms. The Morgan fingerprint density at radius 3 is 2.52 bits per heavy atom. The van der Waals surface area contributed by atoms with Crippen molar-refractivity contribution in [3.8, 4) is 0 Å². The van der Waals surface area contributed by atoms with Crippen LogP contribution in [0.3, 0.4) is 0 Å². The number of fused-ring (bicyclic) bond motifs is 1. The van der Waals surface area contributed by atoms with Crippen LogP contribution in [0.4, 0.5) is 4.79 Å². The molecule has 1 aromatic carbocycles. The number of imidazole rings is 1. The molecule has 2 heterocycles. The van der Waals surface area contributed by atoms with Gasteiger partial charge in [0, 0.05) is 39.8 Å². The third kappa shape index (κ3) is 4.04. The van der Waals surface area contributed by atoms with Crippen LogP contribution in [-0.2, 0) is 18.3 Å². The minimum absolute atomic E-state index is 0.0990. The number of benzene rings is 1. The van der Waals surface area contributed by atoms with Crippen LogP contribution in [0, 0.1) is 0 Å². The summed E-state index contributed by atoms with van der Waals surface area (Å²) in [7, 11) is 1.77. The predicted octanol–water partition coefficient (Wildman–Crippen LogP) is 1.92. The minimum Gasteiger partial charge on any atom is -0.444 e. The van der Waals surface area contributed by atoms with Crippen molar-refractivity contribution < 1.29 is 9.53 Å². The maximum absolute atomic E-state index is 12.1. The zero-order valence-electron chi connectivity index (χ0n) is 15.3. The van der Waals surface area contributed by atoms with Crippen LogP contribution in [0.15, 0.2) is 23.0 Å². The third-order valence-corrected chi connectivity index (χ3v) is 4.40. The van der Waals surface area contributed by atoms with Gasteiger partial charge < -0.3 is 14.6 Å². The van der Waals surface area contributed by atoms with Crippen LogP contribution in [0.5, 0.6) is 0 Å². The van der Waals surface area contributed by atoms with Gasteiger partial charge in [-0.2, -0.15) is 0 Å². The van der Waals surface area contributed by atoms with Crippen molar-refractivity contribution in [2.75, 3.05) is 26.2 Å². The van der Waals surface area contributed by atoms with E-state index in [1.54, 1.807) is 16.5 Å². The summed E-state index contributed by atoms with van der Waals surface area (Å²) < 4.78 is 7.05. The number of amides is 1. The largest absolute Gasteiger partial charge is 0.444 e. The number of aryl methyl sites for hydroxylation is 1. The molecule has 0 saturated carbocycles. The second-order valence-corrected chi connectivity index (χ2v) is 7.58. The SMILES string of the molecule is Cn1c(=O)[nH]c2ccc(CN3CCN(C(=O)OC(C)(C)C)CC3)cc21. The lowest BCUT2D eigenvalue weighted by atomic mass is 10.1. The fourth-order valence-electron chi connectivity index (χ4n) is 3.04. The van der Waals surface area contributed by atoms with Crippen LogP contribution in [0.1, 0.15) is 26.3 Å². The van der Waals surface area contributed by atoms with Gasteiger partial charge in [-0.25, -0.2) is 9.59 Å². The predicted molar refractivity (Wildman–Crippen MR) is 96.6 cm³/mol. The Bertz CT molecular complexity index is 823. The summed E-state index contributed by atoms with van der Waals surface area (Å²) in [6.07, 6.45) is -0.240. The first-order valence-electron chi connectivity index (χ1n) is 8.61. The van der Waals surface area contributed by atoms with Gasteiger partial charge in [0.15, 0.2) is 0 Å². The van der Waals surface area contributed by atoms with Crippen LogP contribution < -0.4 is 5.69 Å². The highest BCUT2D eigenvalue weighted by Gasteiger charge is 2.25. The highest BCUT2D eigenvalue weighted by atomic mass is 16.6. The van der Waals surface area contributed by atoms with E-state index in [2.05, 4.69) is 9.88 Å². The van der Waals surface area contributed by atoms with Crippen molar-refractivity contribution in [3.63, 3.8) is 0 Å². The molecule has 0 spiro atoms. The number of nitrogens with zero attached hydrogens (tertiary/aromatic N) is 3. The molecule has 1 saturated heterocycles. The average molecular weight is 346 g/mol. The van der Waals surface area contributed by atoms with Gasteiger partial charge in [0.25, 0.3) is 0 Å². The van der Waals surface area contributed by atoms with Gasteiger partial charge in [-0.05, 0) is 38.5 Å². The van der Waals surface area contributed by atoms with Gasteiger partial charge in [-0.3, -0.25) is 9.47 Å². The zero-order valence-corrected chi connectivity index (χ0v) is 15.3. The maximum atomic E-state index is 12.1. The molecule has 0 aliphatic carbocycles. The fourth-order valence-corrected chi connectivity index (χ4v) is 3.04. The number of nitrogens with one attached hydrogen (secondary N) is 1. The molecule has 1 aliphatic rings. The number of hydrogen-bond donors (Lipinski definition) is 1. The van der Waals surface area contributed by atoms with Gasteiger partial charge in [-0.15, -0.1) is 0 Å². The summed E-state index contributed by atoms with van der Waals surface area (Å²) in [6.45, 7) is 9.40. The molecule has 136 valence electrons. The Morgan fingerprint density at radius 1 is 1.20 bits per heavy atom. The van der Waals surface area contributed by atoms with Crippen molar-refractivity contribution in [2.24, 2.45) is 7.05 Å². The van der Waals surface area contributed by atoms with Crippen molar-refractivity contribution in [1.29, 1.82) is 0 Å². The number of ether oxygens (including phenoxy) is 1. The molecule has 1 aromatic heterocycles. The van der Waals surface area contributed by atoms with E-state index in [4.69, 9.17) is 4.74 Å². The van der Waals surface area contributed by atoms with Crippen molar-refractivity contribution in [1.82, 2.24) is 19.4 Å². The standard InChI is InChI=1S/C18H26N4O3/c1-18(2,3)25-17(24)22-9-7-21(8-10-22)12-13-5-6-14-15(11-13)20(4)16(23)19-14/h5-6,11H,7-10,12H2,1-4H3,(H,19,23). The summed E-state index contributed by atoms with van der Waals surface area (Å²) in [5.41, 5.74) is 2.36. The fraction of sp³-hybridized carbons (Fsp3) is 0.556. The molecule has 0 atom stereocenters. The van der Waals surface area contributed by atoms with E-state index in [9.17, 15) is 9.59 Å². The first kappa shape index (κ1) is 17.5. The van der Waals surface area contributed by atoms with Crippen LogP contribution in [0.2, 0.25) is 0 Å². The summed E-state index contributed by atoms with van der Waals surface area (Å²) in [6, 6.07) is 6.04. The lowest BCUT2D eigenvalue weighted by molar-refractivity contribution is 0.0139. The van der Waals surface area contributed by atoms with Gasteiger partial charge >= 0.3 is 11.8 Å². The number of hydrogen-bond acceptors (Lipinski definition) is 4. The molecule has 1 amide bonds. The van der Waals surface area contributed by atoms with Gasteiger partial charge in [0.1, 0.15) is 5.60 Å². The average Bonchev–Trinajstić information content (AvgIpc) is 2.81. The van der Waals surface area contributed by atoms with E-state index in [0.717, 1.165) is 36.2 Å². The van der Waals surface area contributed by atoms with Gasteiger partial charge in [0.05, 0.1) is 11.0 Å². The molecule has 7 nitrogen and oxygen atoms in total. The quantitative estimate of drug-likeness (QED) is 0.902. The first-order chi connectivity index (χ1) is 11.7. The molecule has 1 aliphatic heterocycles. The molecular weight excluding hydrogens is 320 g/mol. The van der Waals surface area contributed by atoms with E-state index in [0.29, 0.717) is 13.1 Å². The summed E-state index contributed by atoms with van der Waals surface area (Å²) in [5, 5.41) is 0. The molecule has 0 radical (unpaired) electrons. The summed E-state index contributed by atoms with van der Waals surface area (Å²) >= 11 is 0. The molecule has 0 unspecified atom stereocenters. The van der Waals surface area contributed by atoms with Gasteiger partial charge in [0.2, 0.25) is 0 Å². The first-order valence-corrected chi connectivity index (χ1v) is 8.61. The molecule has 2 aromatic rings. The number of rotatable bonds is 2. The summed E-state index contributed by atoms with van der Waals surface area (Å²) in [4.78, 5) is 30.7. The number of aromatic nitrogens is 2. The molecule has 7 heteroatoms. The molecule has 1 N–H and O–H groups in total. The zero-order chi connectivity index (χ0) is 18.2. The topological polar surface area (TPSA) is 70.6 Å². The Labute approximate surface area is 147 Å². The number of H-pyrrole nitrogens is 1.